The number of rotatable bonds is 3. The van der Waals surface area contributed by atoms with Gasteiger partial charge in [0.1, 0.15) is 11.4 Å². The minimum atomic E-state index is -0.662. The first-order chi connectivity index (χ1) is 11.7. The van der Waals surface area contributed by atoms with E-state index in [9.17, 15) is 9.18 Å². The highest BCUT2D eigenvalue weighted by molar-refractivity contribution is 5.85. The van der Waals surface area contributed by atoms with Crippen LogP contribution in [0, 0.1) is 5.82 Å². The molecule has 0 spiro atoms. The first kappa shape index (κ1) is 15.3. The van der Waals surface area contributed by atoms with E-state index in [4.69, 9.17) is 0 Å². The molecule has 1 fully saturated rings. The van der Waals surface area contributed by atoms with Gasteiger partial charge in [-0.3, -0.25) is 9.48 Å². The number of benzene rings is 1. The fraction of sp³-hybridized carbons (Fsp3) is 0.444. The van der Waals surface area contributed by atoms with E-state index >= 15 is 0 Å². The second-order valence-corrected chi connectivity index (χ2v) is 6.60. The molecule has 5 nitrogen and oxygen atoms in total. The molecule has 24 heavy (non-hydrogen) atoms. The van der Waals surface area contributed by atoms with Crippen molar-refractivity contribution in [2.24, 2.45) is 0 Å². The third-order valence-electron chi connectivity index (χ3n) is 5.32. The molecule has 4 rings (SSSR count). The molecule has 2 aliphatic rings. The van der Waals surface area contributed by atoms with Crippen molar-refractivity contribution in [2.75, 3.05) is 13.1 Å². The summed E-state index contributed by atoms with van der Waals surface area (Å²) in [6.45, 7) is 1.56. The van der Waals surface area contributed by atoms with Crippen LogP contribution < -0.4 is 10.6 Å². The lowest BCUT2D eigenvalue weighted by Gasteiger charge is -2.37. The van der Waals surface area contributed by atoms with Gasteiger partial charge in [-0.05, 0) is 62.0 Å². The minimum Gasteiger partial charge on any atom is -0.347 e. The van der Waals surface area contributed by atoms with E-state index in [2.05, 4.69) is 15.7 Å². The van der Waals surface area contributed by atoms with Gasteiger partial charge in [0.15, 0.2) is 0 Å². The van der Waals surface area contributed by atoms with Gasteiger partial charge < -0.3 is 10.6 Å². The van der Waals surface area contributed by atoms with E-state index in [1.807, 2.05) is 18.3 Å². The molecule has 1 aromatic carbocycles. The summed E-state index contributed by atoms with van der Waals surface area (Å²) in [6, 6.07) is 6.84. The van der Waals surface area contributed by atoms with Crippen LogP contribution in [0.15, 0.2) is 36.7 Å². The molecule has 1 saturated heterocycles. The number of aromatic nitrogens is 2. The largest absolute Gasteiger partial charge is 0.347 e. The number of hydrogen-bond acceptors (Lipinski definition) is 3. The van der Waals surface area contributed by atoms with Gasteiger partial charge in [0, 0.05) is 12.4 Å². The molecule has 1 aliphatic carbocycles. The molecule has 1 aliphatic heterocycles. The second-order valence-electron chi connectivity index (χ2n) is 6.60. The molecule has 2 N–H and O–H groups in total. The summed E-state index contributed by atoms with van der Waals surface area (Å²) in [5.41, 5.74) is 0.985. The lowest BCUT2D eigenvalue weighted by Crippen LogP contribution is -2.55. The van der Waals surface area contributed by atoms with E-state index in [0.29, 0.717) is 19.3 Å². The maximum atomic E-state index is 13.9. The average Bonchev–Trinajstić information content (AvgIpc) is 3.27. The Morgan fingerprint density at radius 2 is 2.17 bits per heavy atom. The monoisotopic (exact) mass is 328 g/mol. The van der Waals surface area contributed by atoms with Crippen molar-refractivity contribution in [2.45, 2.75) is 37.3 Å². The Morgan fingerprint density at radius 1 is 1.33 bits per heavy atom. The summed E-state index contributed by atoms with van der Waals surface area (Å²) in [7, 11) is 0. The lowest BCUT2D eigenvalue weighted by atomic mass is 9.87. The zero-order chi connectivity index (χ0) is 16.6. The molecular formula is C18H21FN4O. The van der Waals surface area contributed by atoms with Gasteiger partial charge in [-0.2, -0.15) is 5.10 Å². The van der Waals surface area contributed by atoms with Gasteiger partial charge in [0.2, 0.25) is 5.91 Å². The molecule has 0 saturated carbocycles. The van der Waals surface area contributed by atoms with Crippen molar-refractivity contribution in [3.05, 3.63) is 53.6 Å². The van der Waals surface area contributed by atoms with Gasteiger partial charge in [0.25, 0.3) is 0 Å². The molecule has 126 valence electrons. The van der Waals surface area contributed by atoms with Crippen molar-refractivity contribution in [3.63, 3.8) is 0 Å². The maximum absolute atomic E-state index is 13.9. The number of carbonyl (C=O) groups is 1. The quantitative estimate of drug-likeness (QED) is 0.905. The van der Waals surface area contributed by atoms with Crippen LogP contribution in [0.5, 0.6) is 0 Å². The van der Waals surface area contributed by atoms with Crippen LogP contribution in [0.3, 0.4) is 0 Å². The van der Waals surface area contributed by atoms with Gasteiger partial charge >= 0.3 is 0 Å². The predicted octanol–water partition coefficient (Wildman–Crippen LogP) is 1.90. The Bertz CT molecular complexity index is 737. The fourth-order valence-electron chi connectivity index (χ4n) is 3.97. The molecule has 1 aromatic heterocycles. The van der Waals surface area contributed by atoms with Crippen LogP contribution in [-0.4, -0.2) is 28.8 Å². The number of hydrogen-bond donors (Lipinski definition) is 2. The van der Waals surface area contributed by atoms with Crippen LogP contribution in [0.1, 0.15) is 36.4 Å². The molecule has 2 aromatic rings. The smallest absolute Gasteiger partial charge is 0.248 e. The lowest BCUT2D eigenvalue weighted by molar-refractivity contribution is -0.132. The first-order valence-corrected chi connectivity index (χ1v) is 8.50. The number of amides is 1. The zero-order valence-corrected chi connectivity index (χ0v) is 13.5. The van der Waals surface area contributed by atoms with Crippen molar-refractivity contribution in [3.8, 4) is 0 Å². The molecule has 0 radical (unpaired) electrons. The van der Waals surface area contributed by atoms with Gasteiger partial charge in [-0.25, -0.2) is 4.39 Å². The van der Waals surface area contributed by atoms with Crippen LogP contribution >= 0.6 is 0 Å². The zero-order valence-electron chi connectivity index (χ0n) is 13.5. The summed E-state index contributed by atoms with van der Waals surface area (Å²) in [5, 5.41) is 10.8. The van der Waals surface area contributed by atoms with Crippen LogP contribution in [0.4, 0.5) is 4.39 Å². The summed E-state index contributed by atoms with van der Waals surface area (Å²) in [5.74, 6) is -0.192. The van der Waals surface area contributed by atoms with Crippen molar-refractivity contribution in [1.29, 1.82) is 0 Å². The highest BCUT2D eigenvalue weighted by Crippen LogP contribution is 2.35. The standard InChI is InChI=1S/C18H21FN4O/c19-15-4-1-3-14-13(15)5-6-16(14)22-17(24)18(7-10-20-11-8-18)23-12-2-9-21-23/h1-4,9,12,16,20H,5-8,10-11H2,(H,22,24). The Balaban J connectivity index is 1.61. The predicted molar refractivity (Wildman–Crippen MR) is 87.9 cm³/mol. The molecule has 2 heterocycles. The van der Waals surface area contributed by atoms with Crippen LogP contribution in [0.25, 0.3) is 0 Å². The molecule has 1 amide bonds. The van der Waals surface area contributed by atoms with Crippen LogP contribution in [0.2, 0.25) is 0 Å². The summed E-state index contributed by atoms with van der Waals surface area (Å²) >= 11 is 0. The molecular weight excluding hydrogens is 307 g/mol. The Labute approximate surface area is 140 Å². The highest BCUT2D eigenvalue weighted by Gasteiger charge is 2.43. The van der Waals surface area contributed by atoms with E-state index in [1.54, 1.807) is 16.9 Å². The fourth-order valence-corrected chi connectivity index (χ4v) is 3.97. The first-order valence-electron chi connectivity index (χ1n) is 8.50. The van der Waals surface area contributed by atoms with Crippen molar-refractivity contribution >= 4 is 5.91 Å². The maximum Gasteiger partial charge on any atom is 0.248 e. The number of halogens is 1. The highest BCUT2D eigenvalue weighted by atomic mass is 19.1. The Kier molecular flexibility index (Phi) is 3.84. The Morgan fingerprint density at radius 3 is 2.92 bits per heavy atom. The Hall–Kier alpha value is -2.21. The van der Waals surface area contributed by atoms with E-state index < -0.39 is 5.54 Å². The number of piperidine rings is 1. The third kappa shape index (κ3) is 2.41. The van der Waals surface area contributed by atoms with Gasteiger partial charge in [0.05, 0.1) is 6.04 Å². The van der Waals surface area contributed by atoms with Gasteiger partial charge in [-0.1, -0.05) is 12.1 Å². The topological polar surface area (TPSA) is 59.0 Å². The van der Waals surface area contributed by atoms with E-state index in [0.717, 1.165) is 30.6 Å². The average molecular weight is 328 g/mol. The normalized spacial score (nSPS) is 22.1. The SMILES string of the molecule is O=C(NC1CCc2c(F)cccc21)C1(n2cccn2)CCNCC1. The van der Waals surface area contributed by atoms with E-state index in [-0.39, 0.29) is 17.8 Å². The number of carbonyl (C=O) groups excluding carboxylic acids is 1. The number of nitrogens with one attached hydrogen (secondary N) is 2. The molecule has 1 atom stereocenters. The summed E-state index contributed by atoms with van der Waals surface area (Å²) in [6.07, 6.45) is 6.37. The van der Waals surface area contributed by atoms with Gasteiger partial charge in [-0.15, -0.1) is 0 Å². The van der Waals surface area contributed by atoms with Crippen LogP contribution in [-0.2, 0) is 16.8 Å². The molecule has 6 heteroatoms. The molecule has 0 bridgehead atoms. The summed E-state index contributed by atoms with van der Waals surface area (Å²) in [4.78, 5) is 13.2. The summed E-state index contributed by atoms with van der Waals surface area (Å²) < 4.78 is 15.7. The second kappa shape index (κ2) is 6.02. The number of nitrogens with zero attached hydrogens (tertiary/aromatic N) is 2. The van der Waals surface area contributed by atoms with Crippen molar-refractivity contribution in [1.82, 2.24) is 20.4 Å². The van der Waals surface area contributed by atoms with E-state index in [1.165, 1.54) is 6.07 Å². The molecule has 1 unspecified atom stereocenters. The van der Waals surface area contributed by atoms with Crippen molar-refractivity contribution < 1.29 is 9.18 Å². The third-order valence-corrected chi connectivity index (χ3v) is 5.32. The number of fused-ring (bicyclic) bond motifs is 1. The minimum absolute atomic E-state index is 0.0187.